The molecule has 1 amide bonds. The van der Waals surface area contributed by atoms with E-state index in [1.807, 2.05) is 0 Å². The van der Waals surface area contributed by atoms with Crippen LogP contribution in [-0.4, -0.2) is 30.5 Å². The summed E-state index contributed by atoms with van der Waals surface area (Å²) in [6, 6.07) is 2.78. The topological polar surface area (TPSA) is 90.8 Å². The van der Waals surface area contributed by atoms with Crippen LogP contribution in [-0.2, 0) is 0 Å². The minimum absolute atomic E-state index is 0.0818. The summed E-state index contributed by atoms with van der Waals surface area (Å²) in [5.41, 5.74) is 0.657. The van der Waals surface area contributed by atoms with Crippen molar-refractivity contribution in [1.29, 1.82) is 0 Å². The highest BCUT2D eigenvalue weighted by molar-refractivity contribution is 5.87. The van der Waals surface area contributed by atoms with Crippen LogP contribution in [0, 0.1) is 0 Å². The molecule has 1 aromatic rings. The lowest BCUT2D eigenvalue weighted by Crippen LogP contribution is -2.08. The fourth-order valence-electron chi connectivity index (χ4n) is 1.15. The molecule has 0 radical (unpaired) electrons. The Labute approximate surface area is 86.5 Å². The molecule has 0 unspecified atom stereocenters. The van der Waals surface area contributed by atoms with E-state index in [1.165, 1.54) is 19.2 Å². The van der Waals surface area contributed by atoms with Crippen molar-refractivity contribution < 1.29 is 19.7 Å². The number of carbonyl (C=O) groups is 1. The molecule has 0 heterocycles. The van der Waals surface area contributed by atoms with Gasteiger partial charge in [0.2, 0.25) is 0 Å². The van der Waals surface area contributed by atoms with Crippen LogP contribution in [0.15, 0.2) is 12.1 Å². The highest BCUT2D eigenvalue weighted by atomic mass is 16.5. The lowest BCUT2D eigenvalue weighted by atomic mass is 10.2. The van der Waals surface area contributed by atoms with Gasteiger partial charge in [0.1, 0.15) is 11.5 Å². The van der Waals surface area contributed by atoms with Crippen LogP contribution in [0.5, 0.6) is 11.5 Å². The van der Waals surface area contributed by atoms with Crippen molar-refractivity contribution in [3.8, 4) is 11.5 Å². The highest BCUT2D eigenvalue weighted by Crippen LogP contribution is 2.35. The largest absolute Gasteiger partial charge is 0.506 e. The van der Waals surface area contributed by atoms with Crippen molar-refractivity contribution >= 4 is 17.5 Å². The average molecular weight is 212 g/mol. The number of benzene rings is 1. The third-order valence-electron chi connectivity index (χ3n) is 1.83. The Balaban J connectivity index is 3.13. The molecule has 0 atom stereocenters. The number of carboxylic acid groups (broad SMARTS) is 1. The first-order chi connectivity index (χ1) is 7.08. The molecule has 6 heteroatoms. The fraction of sp³-hybridized carbons (Fsp3) is 0.222. The number of anilines is 2. The lowest BCUT2D eigenvalue weighted by molar-refractivity contribution is 0.209. The Hall–Kier alpha value is -2.11. The molecule has 0 aliphatic heterocycles. The molecule has 0 saturated carbocycles. The maximum Gasteiger partial charge on any atom is 0.409 e. The van der Waals surface area contributed by atoms with Crippen molar-refractivity contribution in [3.05, 3.63) is 12.1 Å². The smallest absolute Gasteiger partial charge is 0.409 e. The second-order valence-electron chi connectivity index (χ2n) is 2.75. The SMILES string of the molecule is CNc1cc(O)c(NC(=O)O)cc1OC. The molecular formula is C9H12N2O4. The van der Waals surface area contributed by atoms with E-state index >= 15 is 0 Å². The van der Waals surface area contributed by atoms with Crippen molar-refractivity contribution in [2.24, 2.45) is 0 Å². The molecule has 15 heavy (non-hydrogen) atoms. The number of phenols is 1. The summed E-state index contributed by atoms with van der Waals surface area (Å²) in [5, 5.41) is 22.8. The first kappa shape index (κ1) is 11.0. The average Bonchev–Trinajstić information content (AvgIpc) is 2.19. The second-order valence-corrected chi connectivity index (χ2v) is 2.75. The number of hydrogen-bond donors (Lipinski definition) is 4. The molecule has 4 N–H and O–H groups in total. The minimum Gasteiger partial charge on any atom is -0.506 e. The minimum atomic E-state index is -1.25. The van der Waals surface area contributed by atoms with Crippen LogP contribution in [0.4, 0.5) is 16.2 Å². The fourth-order valence-corrected chi connectivity index (χ4v) is 1.15. The second kappa shape index (κ2) is 4.41. The van der Waals surface area contributed by atoms with Crippen molar-refractivity contribution in [2.45, 2.75) is 0 Å². The molecular weight excluding hydrogens is 200 g/mol. The molecule has 1 aromatic carbocycles. The Bertz CT molecular complexity index is 379. The monoisotopic (exact) mass is 212 g/mol. The number of rotatable bonds is 3. The summed E-state index contributed by atoms with van der Waals surface area (Å²) in [6.07, 6.45) is -1.25. The molecule has 0 fully saturated rings. The lowest BCUT2D eigenvalue weighted by Gasteiger charge is -2.11. The zero-order chi connectivity index (χ0) is 11.4. The Morgan fingerprint density at radius 3 is 2.53 bits per heavy atom. The number of nitrogens with one attached hydrogen (secondary N) is 2. The molecule has 0 bridgehead atoms. The van der Waals surface area contributed by atoms with Gasteiger partial charge in [-0.05, 0) is 0 Å². The van der Waals surface area contributed by atoms with Crippen LogP contribution in [0.3, 0.4) is 0 Å². The van der Waals surface area contributed by atoms with Gasteiger partial charge in [-0.25, -0.2) is 4.79 Å². The maximum atomic E-state index is 10.4. The first-order valence-electron chi connectivity index (χ1n) is 4.17. The van der Waals surface area contributed by atoms with E-state index in [2.05, 4.69) is 10.6 Å². The van der Waals surface area contributed by atoms with Gasteiger partial charge in [-0.3, -0.25) is 5.32 Å². The van der Waals surface area contributed by atoms with Gasteiger partial charge in [-0.2, -0.15) is 0 Å². The molecule has 1 rings (SSSR count). The normalized spacial score (nSPS) is 9.47. The Morgan fingerprint density at radius 2 is 2.07 bits per heavy atom. The maximum absolute atomic E-state index is 10.4. The van der Waals surface area contributed by atoms with Gasteiger partial charge in [0.25, 0.3) is 0 Å². The van der Waals surface area contributed by atoms with Crippen LogP contribution in [0.1, 0.15) is 0 Å². The number of ether oxygens (including phenoxy) is 1. The standard InChI is InChI=1S/C9H12N2O4/c1-10-6-3-7(12)5(11-9(13)14)4-8(6)15-2/h3-4,10-12H,1-2H3,(H,13,14). The predicted molar refractivity (Wildman–Crippen MR) is 55.9 cm³/mol. The quantitative estimate of drug-likeness (QED) is 0.570. The molecule has 0 aromatic heterocycles. The van der Waals surface area contributed by atoms with Gasteiger partial charge in [-0.15, -0.1) is 0 Å². The van der Waals surface area contributed by atoms with Gasteiger partial charge in [0, 0.05) is 19.2 Å². The molecule has 6 nitrogen and oxygen atoms in total. The third kappa shape index (κ3) is 2.43. The summed E-state index contributed by atoms with van der Waals surface area (Å²) >= 11 is 0. The number of hydrogen-bond acceptors (Lipinski definition) is 4. The number of methoxy groups -OCH3 is 1. The molecule has 0 spiro atoms. The van der Waals surface area contributed by atoms with Crippen LogP contribution in [0.2, 0.25) is 0 Å². The van der Waals surface area contributed by atoms with Gasteiger partial charge in [0.05, 0.1) is 18.5 Å². The van der Waals surface area contributed by atoms with Gasteiger partial charge >= 0.3 is 6.09 Å². The molecule has 82 valence electrons. The van der Waals surface area contributed by atoms with Crippen LogP contribution < -0.4 is 15.4 Å². The van der Waals surface area contributed by atoms with E-state index in [-0.39, 0.29) is 11.4 Å². The summed E-state index contributed by atoms with van der Waals surface area (Å²) in [5.74, 6) is 0.279. The Morgan fingerprint density at radius 1 is 1.40 bits per heavy atom. The summed E-state index contributed by atoms with van der Waals surface area (Å²) in [6.45, 7) is 0. The third-order valence-corrected chi connectivity index (χ3v) is 1.83. The van der Waals surface area contributed by atoms with Gasteiger partial charge < -0.3 is 20.3 Å². The van der Waals surface area contributed by atoms with Crippen molar-refractivity contribution in [2.75, 3.05) is 24.8 Å². The molecule has 0 aliphatic rings. The van der Waals surface area contributed by atoms with E-state index in [9.17, 15) is 9.90 Å². The van der Waals surface area contributed by atoms with E-state index < -0.39 is 6.09 Å². The summed E-state index contributed by atoms with van der Waals surface area (Å²) < 4.78 is 5.01. The Kier molecular flexibility index (Phi) is 3.22. The summed E-state index contributed by atoms with van der Waals surface area (Å²) in [7, 11) is 3.12. The van der Waals surface area contributed by atoms with E-state index in [0.717, 1.165) is 0 Å². The van der Waals surface area contributed by atoms with Gasteiger partial charge in [-0.1, -0.05) is 0 Å². The summed E-state index contributed by atoms with van der Waals surface area (Å²) in [4.78, 5) is 10.4. The van der Waals surface area contributed by atoms with E-state index in [4.69, 9.17) is 9.84 Å². The van der Waals surface area contributed by atoms with E-state index in [1.54, 1.807) is 7.05 Å². The van der Waals surface area contributed by atoms with Crippen molar-refractivity contribution in [3.63, 3.8) is 0 Å². The van der Waals surface area contributed by atoms with Crippen LogP contribution in [0.25, 0.3) is 0 Å². The van der Waals surface area contributed by atoms with Crippen molar-refractivity contribution in [1.82, 2.24) is 0 Å². The zero-order valence-corrected chi connectivity index (χ0v) is 8.37. The highest BCUT2D eigenvalue weighted by Gasteiger charge is 2.10. The molecule has 0 aliphatic carbocycles. The predicted octanol–water partition coefficient (Wildman–Crippen LogP) is 1.53. The first-order valence-corrected chi connectivity index (χ1v) is 4.17. The number of aromatic hydroxyl groups is 1. The van der Waals surface area contributed by atoms with Crippen LogP contribution >= 0.6 is 0 Å². The zero-order valence-electron chi connectivity index (χ0n) is 8.37. The van der Waals surface area contributed by atoms with E-state index in [0.29, 0.717) is 11.4 Å². The van der Waals surface area contributed by atoms with Gasteiger partial charge in [0.15, 0.2) is 0 Å². The molecule has 0 saturated heterocycles. The number of amides is 1. The number of phenolic OH excluding ortho intramolecular Hbond substituents is 1.